The quantitative estimate of drug-likeness (QED) is 0.758. The molecule has 116 valence electrons. The molecule has 22 heavy (non-hydrogen) atoms. The fourth-order valence-electron chi connectivity index (χ4n) is 2.75. The minimum atomic E-state index is -0.703. The minimum absolute atomic E-state index is 0.00170. The van der Waals surface area contributed by atoms with Crippen molar-refractivity contribution >= 4 is 29.5 Å². The maximum absolute atomic E-state index is 12.6. The lowest BCUT2D eigenvalue weighted by atomic mass is 10.1. The van der Waals surface area contributed by atoms with Crippen LogP contribution < -0.4 is 0 Å². The minimum Gasteiger partial charge on any atom is -0.467 e. The number of nitrogens with zero attached hydrogens (tertiary/aromatic N) is 2. The highest BCUT2D eigenvalue weighted by Gasteiger charge is 2.50. The van der Waals surface area contributed by atoms with E-state index < -0.39 is 17.4 Å². The van der Waals surface area contributed by atoms with Crippen LogP contribution in [0, 0.1) is 0 Å². The lowest BCUT2D eigenvalue weighted by Crippen LogP contribution is -2.60. The van der Waals surface area contributed by atoms with E-state index in [1.807, 2.05) is 30.3 Å². The van der Waals surface area contributed by atoms with E-state index in [1.165, 1.54) is 23.8 Å². The number of rotatable bonds is 3. The van der Waals surface area contributed by atoms with Gasteiger partial charge >= 0.3 is 5.97 Å². The Morgan fingerprint density at radius 1 is 1.32 bits per heavy atom. The molecule has 0 bridgehead atoms. The van der Waals surface area contributed by atoms with Gasteiger partial charge in [-0.25, -0.2) is 4.79 Å². The Morgan fingerprint density at radius 3 is 2.73 bits per heavy atom. The van der Waals surface area contributed by atoms with Crippen LogP contribution in [0.2, 0.25) is 0 Å². The molecule has 1 unspecified atom stereocenters. The van der Waals surface area contributed by atoms with Crippen LogP contribution in [0.3, 0.4) is 0 Å². The van der Waals surface area contributed by atoms with Gasteiger partial charge in [-0.15, -0.1) is 11.8 Å². The van der Waals surface area contributed by atoms with Crippen molar-refractivity contribution in [2.75, 3.05) is 19.4 Å². The number of esters is 1. The van der Waals surface area contributed by atoms with Crippen molar-refractivity contribution in [2.24, 2.45) is 0 Å². The number of hydrogen-bond donors (Lipinski definition) is 0. The normalized spacial score (nSPS) is 24.4. The van der Waals surface area contributed by atoms with E-state index in [0.29, 0.717) is 12.3 Å². The molecule has 0 aromatic heterocycles. The Balaban J connectivity index is 1.77. The molecule has 3 rings (SSSR count). The fraction of sp³-hybridized carbons (Fsp3) is 0.400. The van der Waals surface area contributed by atoms with Gasteiger partial charge in [0.1, 0.15) is 12.6 Å². The van der Waals surface area contributed by atoms with Crippen molar-refractivity contribution in [2.45, 2.75) is 18.0 Å². The van der Waals surface area contributed by atoms with Crippen molar-refractivity contribution in [1.82, 2.24) is 9.80 Å². The summed E-state index contributed by atoms with van der Waals surface area (Å²) in [6.45, 7) is 0.404. The van der Waals surface area contributed by atoms with Crippen molar-refractivity contribution in [3.8, 4) is 0 Å². The molecule has 2 amide bonds. The van der Waals surface area contributed by atoms with E-state index in [9.17, 15) is 14.4 Å². The molecule has 0 aliphatic carbocycles. The van der Waals surface area contributed by atoms with Gasteiger partial charge in [0.2, 0.25) is 11.8 Å². The summed E-state index contributed by atoms with van der Waals surface area (Å²) in [5, 5.41) is -0.703. The van der Waals surface area contributed by atoms with Gasteiger partial charge in [-0.1, -0.05) is 30.3 Å². The molecule has 7 heteroatoms. The monoisotopic (exact) mass is 320 g/mol. The first-order valence-corrected chi connectivity index (χ1v) is 8.00. The highest BCUT2D eigenvalue weighted by Crippen LogP contribution is 2.33. The molecule has 6 nitrogen and oxygen atoms in total. The Kier molecular flexibility index (Phi) is 4.06. The zero-order chi connectivity index (χ0) is 15.7. The van der Waals surface area contributed by atoms with E-state index in [1.54, 1.807) is 4.90 Å². The maximum atomic E-state index is 12.6. The third-order valence-corrected chi connectivity index (χ3v) is 5.07. The topological polar surface area (TPSA) is 66.9 Å². The SMILES string of the molecule is COC(=O)C1SC[C@H]2C(=O)N(Cc3ccccc3)CC(=O)N12. The number of ether oxygens (including phenoxy) is 1. The average Bonchev–Trinajstić information content (AvgIpc) is 2.98. The van der Waals surface area contributed by atoms with E-state index in [4.69, 9.17) is 4.74 Å². The predicted octanol–water partition coefficient (Wildman–Crippen LogP) is 0.472. The van der Waals surface area contributed by atoms with E-state index in [-0.39, 0.29) is 18.4 Å². The highest BCUT2D eigenvalue weighted by molar-refractivity contribution is 8.00. The molecular weight excluding hydrogens is 304 g/mol. The van der Waals surface area contributed by atoms with Crippen molar-refractivity contribution < 1.29 is 19.1 Å². The van der Waals surface area contributed by atoms with Gasteiger partial charge in [-0.2, -0.15) is 0 Å². The second-order valence-corrected chi connectivity index (χ2v) is 6.32. The van der Waals surface area contributed by atoms with Crippen LogP contribution in [-0.2, 0) is 25.7 Å². The molecule has 1 aromatic carbocycles. The van der Waals surface area contributed by atoms with E-state index >= 15 is 0 Å². The predicted molar refractivity (Wildman–Crippen MR) is 80.8 cm³/mol. The van der Waals surface area contributed by atoms with Crippen LogP contribution in [0.1, 0.15) is 5.56 Å². The lowest BCUT2D eigenvalue weighted by molar-refractivity contribution is -0.160. The molecule has 2 fully saturated rings. The number of fused-ring (bicyclic) bond motifs is 1. The van der Waals surface area contributed by atoms with Crippen molar-refractivity contribution in [1.29, 1.82) is 0 Å². The second-order valence-electron chi connectivity index (χ2n) is 5.21. The Hall–Kier alpha value is -2.02. The van der Waals surface area contributed by atoms with Gasteiger partial charge in [0.25, 0.3) is 0 Å². The standard InChI is InChI=1S/C15H16N2O4S/c1-21-15(20)14-17-11(9-22-14)13(19)16(8-12(17)18)7-10-5-3-2-4-6-10/h2-6,11,14H,7-9H2,1H3/t11-,14?/m0/s1. The Morgan fingerprint density at radius 2 is 2.05 bits per heavy atom. The summed E-state index contributed by atoms with van der Waals surface area (Å²) in [7, 11) is 1.29. The van der Waals surface area contributed by atoms with Gasteiger partial charge in [-0.3, -0.25) is 9.59 Å². The second kappa shape index (κ2) is 6.00. The first-order chi connectivity index (χ1) is 10.6. The summed E-state index contributed by atoms with van der Waals surface area (Å²) in [5.74, 6) is -0.372. The van der Waals surface area contributed by atoms with Crippen LogP contribution in [-0.4, -0.2) is 58.4 Å². The number of methoxy groups -OCH3 is 1. The Bertz CT molecular complexity index is 607. The number of piperazine rings is 1. The van der Waals surface area contributed by atoms with E-state index in [0.717, 1.165) is 5.56 Å². The number of hydrogen-bond acceptors (Lipinski definition) is 5. The van der Waals surface area contributed by atoms with Crippen LogP contribution in [0.5, 0.6) is 0 Å². The van der Waals surface area contributed by atoms with Gasteiger partial charge in [-0.05, 0) is 5.56 Å². The van der Waals surface area contributed by atoms with Gasteiger partial charge < -0.3 is 14.5 Å². The molecule has 2 saturated heterocycles. The molecule has 2 aliphatic rings. The number of benzene rings is 1. The molecule has 0 saturated carbocycles. The summed E-state index contributed by atoms with van der Waals surface area (Å²) >= 11 is 1.28. The first-order valence-electron chi connectivity index (χ1n) is 6.95. The molecular formula is C15H16N2O4S. The zero-order valence-corrected chi connectivity index (χ0v) is 12.9. The fourth-order valence-corrected chi connectivity index (χ4v) is 4.08. The van der Waals surface area contributed by atoms with Crippen LogP contribution in [0.25, 0.3) is 0 Å². The summed E-state index contributed by atoms with van der Waals surface area (Å²) in [6.07, 6.45) is 0. The van der Waals surface area contributed by atoms with Crippen LogP contribution in [0.4, 0.5) is 0 Å². The summed E-state index contributed by atoms with van der Waals surface area (Å²) < 4.78 is 4.71. The molecule has 1 aromatic rings. The highest BCUT2D eigenvalue weighted by atomic mass is 32.2. The van der Waals surface area contributed by atoms with Crippen molar-refractivity contribution in [3.63, 3.8) is 0 Å². The molecule has 0 spiro atoms. The lowest BCUT2D eigenvalue weighted by Gasteiger charge is -2.37. The van der Waals surface area contributed by atoms with Crippen LogP contribution in [0.15, 0.2) is 30.3 Å². The molecule has 0 N–H and O–H groups in total. The summed E-state index contributed by atoms with van der Waals surface area (Å²) in [5.41, 5.74) is 0.979. The van der Waals surface area contributed by atoms with Gasteiger partial charge in [0, 0.05) is 12.3 Å². The van der Waals surface area contributed by atoms with Crippen molar-refractivity contribution in [3.05, 3.63) is 35.9 Å². The number of amides is 2. The first kappa shape index (κ1) is 14.9. The third-order valence-electron chi connectivity index (χ3n) is 3.83. The number of carbonyl (C=O) groups is 3. The van der Waals surface area contributed by atoms with E-state index in [2.05, 4.69) is 0 Å². The zero-order valence-electron chi connectivity index (χ0n) is 12.1. The molecule has 2 aliphatic heterocycles. The average molecular weight is 320 g/mol. The van der Waals surface area contributed by atoms with Gasteiger partial charge in [0.15, 0.2) is 5.37 Å². The third kappa shape index (κ3) is 2.56. The largest absolute Gasteiger partial charge is 0.467 e. The Labute approximate surface area is 132 Å². The summed E-state index contributed by atoms with van der Waals surface area (Å²) in [6, 6.07) is 8.98. The summed E-state index contributed by atoms with van der Waals surface area (Å²) in [4.78, 5) is 39.6. The number of thioether (sulfide) groups is 1. The maximum Gasteiger partial charge on any atom is 0.339 e. The molecule has 2 heterocycles. The molecule has 2 atom stereocenters. The van der Waals surface area contributed by atoms with Crippen LogP contribution >= 0.6 is 11.8 Å². The molecule has 0 radical (unpaired) electrons. The van der Waals surface area contributed by atoms with Gasteiger partial charge in [0.05, 0.1) is 7.11 Å². The number of carbonyl (C=O) groups excluding carboxylic acids is 3. The smallest absolute Gasteiger partial charge is 0.339 e.